The van der Waals surface area contributed by atoms with Crippen molar-refractivity contribution in [3.63, 3.8) is 0 Å². The predicted octanol–water partition coefficient (Wildman–Crippen LogP) is 2.14. The summed E-state index contributed by atoms with van der Waals surface area (Å²) >= 11 is 0. The van der Waals surface area contributed by atoms with E-state index in [1.54, 1.807) is 10.8 Å². The molecule has 1 fully saturated rings. The molecule has 10 heteroatoms. The molecule has 6 heterocycles. The molecule has 0 aliphatic carbocycles. The molecule has 10 nitrogen and oxygen atoms in total. The van der Waals surface area contributed by atoms with Crippen LogP contribution < -0.4 is 10.6 Å². The van der Waals surface area contributed by atoms with Crippen molar-refractivity contribution in [3.05, 3.63) is 55.2 Å². The zero-order valence-corrected chi connectivity index (χ0v) is 17.5. The summed E-state index contributed by atoms with van der Waals surface area (Å²) in [5, 5.41) is 5.39. The number of nitrogen functional groups attached to an aromatic ring is 1. The minimum atomic E-state index is 0.309. The first kappa shape index (κ1) is 18.8. The second-order valence-corrected chi connectivity index (χ2v) is 7.90. The van der Waals surface area contributed by atoms with Gasteiger partial charge in [-0.25, -0.2) is 4.98 Å². The highest BCUT2D eigenvalue weighted by molar-refractivity contribution is 5.91. The summed E-state index contributed by atoms with van der Waals surface area (Å²) in [6.07, 6.45) is 7.35. The Kier molecular flexibility index (Phi) is 4.50. The molecule has 5 aromatic heterocycles. The number of aromatic nitrogens is 6. The van der Waals surface area contributed by atoms with Gasteiger partial charge in [-0.3, -0.25) is 9.88 Å². The van der Waals surface area contributed by atoms with Gasteiger partial charge in [0.25, 0.3) is 0 Å². The smallest absolute Gasteiger partial charge is 0.225 e. The highest BCUT2D eigenvalue weighted by Crippen LogP contribution is 2.24. The molecule has 0 radical (unpaired) electrons. The first-order valence-corrected chi connectivity index (χ1v) is 10.7. The zero-order chi connectivity index (χ0) is 21.5. The summed E-state index contributed by atoms with van der Waals surface area (Å²) < 4.78 is 9.14. The number of hydrogen-bond acceptors (Lipinski definition) is 8. The van der Waals surface area contributed by atoms with Gasteiger partial charge in [0.05, 0.1) is 11.6 Å². The van der Waals surface area contributed by atoms with E-state index in [4.69, 9.17) is 10.2 Å². The third-order valence-electron chi connectivity index (χ3n) is 6.02. The van der Waals surface area contributed by atoms with Crippen LogP contribution in [0.25, 0.3) is 28.3 Å². The van der Waals surface area contributed by atoms with Gasteiger partial charge in [-0.1, -0.05) is 0 Å². The van der Waals surface area contributed by atoms with E-state index in [1.165, 1.54) is 5.69 Å². The first-order chi connectivity index (χ1) is 15.8. The lowest BCUT2D eigenvalue weighted by molar-refractivity contribution is 0.249. The van der Waals surface area contributed by atoms with Crippen LogP contribution in [0.3, 0.4) is 0 Å². The van der Waals surface area contributed by atoms with Gasteiger partial charge in [-0.05, 0) is 30.3 Å². The average Bonchev–Trinajstić information content (AvgIpc) is 3.58. The fourth-order valence-corrected chi connectivity index (χ4v) is 4.29. The van der Waals surface area contributed by atoms with Crippen molar-refractivity contribution in [2.24, 2.45) is 0 Å². The lowest BCUT2D eigenvalue weighted by atomic mass is 10.2. The van der Waals surface area contributed by atoms with Gasteiger partial charge < -0.3 is 19.6 Å². The average molecular weight is 429 g/mol. The van der Waals surface area contributed by atoms with E-state index in [2.05, 4.69) is 46.6 Å². The highest BCUT2D eigenvalue weighted by Gasteiger charge is 2.19. The van der Waals surface area contributed by atoms with Crippen LogP contribution in [0.15, 0.2) is 59.6 Å². The summed E-state index contributed by atoms with van der Waals surface area (Å²) in [6.45, 7) is 5.86. The van der Waals surface area contributed by atoms with Crippen LogP contribution in [0, 0.1) is 0 Å². The van der Waals surface area contributed by atoms with Crippen molar-refractivity contribution in [1.82, 2.24) is 34.0 Å². The summed E-state index contributed by atoms with van der Waals surface area (Å²) in [7, 11) is 0. The fourth-order valence-electron chi connectivity index (χ4n) is 4.29. The van der Waals surface area contributed by atoms with E-state index < -0.39 is 0 Å². The number of nitrogens with two attached hydrogens (primary N) is 1. The van der Waals surface area contributed by atoms with Crippen LogP contribution in [0.1, 0.15) is 0 Å². The van der Waals surface area contributed by atoms with Crippen molar-refractivity contribution in [2.45, 2.75) is 6.54 Å². The van der Waals surface area contributed by atoms with E-state index in [-0.39, 0.29) is 0 Å². The maximum atomic E-state index is 6.21. The molecule has 0 spiro atoms. The molecular weight excluding hydrogens is 406 g/mol. The lowest BCUT2D eigenvalue weighted by Gasteiger charge is -2.36. The molecule has 32 heavy (non-hydrogen) atoms. The molecule has 0 unspecified atom stereocenters. The van der Waals surface area contributed by atoms with Gasteiger partial charge in [-0.2, -0.15) is 9.50 Å². The molecule has 162 valence electrons. The Morgan fingerprint density at radius 3 is 2.56 bits per heavy atom. The van der Waals surface area contributed by atoms with Crippen LogP contribution in [0.4, 0.5) is 11.6 Å². The van der Waals surface area contributed by atoms with E-state index in [0.717, 1.165) is 50.3 Å². The summed E-state index contributed by atoms with van der Waals surface area (Å²) in [6, 6.07) is 9.81. The zero-order valence-electron chi connectivity index (χ0n) is 17.5. The standard InChI is InChI=1S/C22H23N9O/c23-22-26-20-17(21-25-19(27-31(21)22)18-2-1-15-32-18)5-8-30(20)14-11-28-9-12-29(13-10-28)16-3-6-24-7-4-16/h1-8,15H,9-14H2,(H2,23,26). The molecule has 5 aromatic rings. The molecule has 6 rings (SSSR count). The molecule has 0 atom stereocenters. The van der Waals surface area contributed by atoms with E-state index >= 15 is 0 Å². The van der Waals surface area contributed by atoms with Crippen molar-refractivity contribution in [1.29, 1.82) is 0 Å². The summed E-state index contributed by atoms with van der Waals surface area (Å²) in [4.78, 5) is 18.3. The van der Waals surface area contributed by atoms with Crippen molar-refractivity contribution >= 4 is 28.3 Å². The normalized spacial score (nSPS) is 15.2. The number of piperazine rings is 1. The Hall–Kier alpha value is -3.92. The topological polar surface area (TPSA) is 107 Å². The summed E-state index contributed by atoms with van der Waals surface area (Å²) in [5.41, 5.74) is 8.96. The molecule has 0 bridgehead atoms. The molecule has 0 aromatic carbocycles. The van der Waals surface area contributed by atoms with E-state index in [9.17, 15) is 0 Å². The number of furan rings is 1. The number of anilines is 2. The van der Waals surface area contributed by atoms with Crippen LogP contribution in [0.5, 0.6) is 0 Å². The minimum absolute atomic E-state index is 0.309. The molecule has 1 aliphatic heterocycles. The third-order valence-corrected chi connectivity index (χ3v) is 6.02. The van der Waals surface area contributed by atoms with Crippen LogP contribution in [-0.2, 0) is 6.54 Å². The highest BCUT2D eigenvalue weighted by atomic mass is 16.3. The van der Waals surface area contributed by atoms with Gasteiger partial charge in [-0.15, -0.1) is 5.10 Å². The number of nitrogens with zero attached hydrogens (tertiary/aromatic N) is 8. The largest absolute Gasteiger partial charge is 0.461 e. The summed E-state index contributed by atoms with van der Waals surface area (Å²) in [5.74, 6) is 1.41. The Labute approximate surface area is 183 Å². The first-order valence-electron chi connectivity index (χ1n) is 10.7. The Balaban J connectivity index is 1.19. The number of pyridine rings is 1. The van der Waals surface area contributed by atoms with Crippen molar-refractivity contribution in [3.8, 4) is 11.6 Å². The van der Waals surface area contributed by atoms with Gasteiger partial charge in [0, 0.05) is 63.5 Å². The maximum absolute atomic E-state index is 6.21. The Morgan fingerprint density at radius 1 is 0.938 bits per heavy atom. The number of hydrogen-bond donors (Lipinski definition) is 1. The SMILES string of the molecule is Nc1nc2c(ccn2CCN2CCN(c3ccncc3)CC2)c2nc(-c3ccco3)nn12. The third kappa shape index (κ3) is 3.25. The monoisotopic (exact) mass is 429 g/mol. The number of fused-ring (bicyclic) bond motifs is 3. The molecule has 0 saturated carbocycles. The van der Waals surface area contributed by atoms with Gasteiger partial charge in [0.15, 0.2) is 11.4 Å². The van der Waals surface area contributed by atoms with Crippen LogP contribution >= 0.6 is 0 Å². The fraction of sp³-hybridized carbons (Fsp3) is 0.273. The predicted molar refractivity (Wildman–Crippen MR) is 121 cm³/mol. The van der Waals surface area contributed by atoms with Crippen molar-refractivity contribution in [2.75, 3.05) is 43.4 Å². The molecule has 1 saturated heterocycles. The van der Waals surface area contributed by atoms with E-state index in [1.807, 2.05) is 36.8 Å². The number of rotatable bonds is 5. The van der Waals surface area contributed by atoms with Crippen molar-refractivity contribution < 1.29 is 4.42 Å². The van der Waals surface area contributed by atoms with Gasteiger partial charge in [0.2, 0.25) is 11.8 Å². The van der Waals surface area contributed by atoms with Gasteiger partial charge in [0.1, 0.15) is 5.65 Å². The van der Waals surface area contributed by atoms with Crippen LogP contribution in [0.2, 0.25) is 0 Å². The van der Waals surface area contributed by atoms with Gasteiger partial charge >= 0.3 is 0 Å². The van der Waals surface area contributed by atoms with E-state index in [0.29, 0.717) is 23.2 Å². The minimum Gasteiger partial charge on any atom is -0.461 e. The molecule has 1 aliphatic rings. The van der Waals surface area contributed by atoms with Crippen LogP contribution in [-0.4, -0.2) is 66.8 Å². The quantitative estimate of drug-likeness (QED) is 0.453. The Bertz CT molecular complexity index is 1350. The maximum Gasteiger partial charge on any atom is 0.225 e. The molecular formula is C22H23N9O. The molecule has 2 N–H and O–H groups in total. The lowest BCUT2D eigenvalue weighted by Crippen LogP contribution is -2.47. The Morgan fingerprint density at radius 2 is 1.78 bits per heavy atom. The molecule has 0 amide bonds. The second-order valence-electron chi connectivity index (χ2n) is 7.90. The second kappa shape index (κ2) is 7.65.